The molecule has 1 aromatic carbocycles. The van der Waals surface area contributed by atoms with Crippen molar-refractivity contribution in [3.8, 4) is 5.75 Å². The van der Waals surface area contributed by atoms with E-state index in [1.807, 2.05) is 0 Å². The van der Waals surface area contributed by atoms with Gasteiger partial charge in [0, 0.05) is 5.56 Å². The Hall–Kier alpha value is -2.84. The number of hydrogen-bond donors (Lipinski definition) is 0. The summed E-state index contributed by atoms with van der Waals surface area (Å²) in [5.74, 6) is -0.0497. The Morgan fingerprint density at radius 1 is 1.30 bits per heavy atom. The summed E-state index contributed by atoms with van der Waals surface area (Å²) in [6.45, 7) is 0.608. The lowest BCUT2D eigenvalue weighted by Gasteiger charge is -2.12. The molecule has 0 bridgehead atoms. The van der Waals surface area contributed by atoms with Crippen molar-refractivity contribution in [3.63, 3.8) is 0 Å². The maximum Gasteiger partial charge on any atom is 0.387 e. The second kappa shape index (κ2) is 7.97. The molecule has 0 fully saturated rings. The Labute approximate surface area is 129 Å². The SMILES string of the molecule is C=CCON=C(c1ccc(OC(F)F)cc1)C(F)n1cncn1. The van der Waals surface area contributed by atoms with Gasteiger partial charge in [-0.2, -0.15) is 13.9 Å². The molecule has 0 amide bonds. The summed E-state index contributed by atoms with van der Waals surface area (Å²) in [6, 6.07) is 5.33. The predicted molar refractivity (Wildman–Crippen MR) is 75.9 cm³/mol. The predicted octanol–water partition coefficient (Wildman–Crippen LogP) is 2.95. The first kappa shape index (κ1) is 16.5. The number of rotatable bonds is 8. The molecule has 1 heterocycles. The molecule has 1 atom stereocenters. The average molecular weight is 326 g/mol. The Bertz CT molecular complexity index is 645. The van der Waals surface area contributed by atoms with Crippen molar-refractivity contribution in [1.29, 1.82) is 0 Å². The van der Waals surface area contributed by atoms with Gasteiger partial charge in [-0.25, -0.2) is 14.1 Å². The molecule has 0 spiro atoms. The zero-order chi connectivity index (χ0) is 16.7. The van der Waals surface area contributed by atoms with Crippen LogP contribution in [0.2, 0.25) is 0 Å². The highest BCUT2D eigenvalue weighted by Crippen LogP contribution is 2.20. The third-order valence-electron chi connectivity index (χ3n) is 2.63. The van der Waals surface area contributed by atoms with Crippen molar-refractivity contribution >= 4 is 5.71 Å². The number of hydrogen-bond acceptors (Lipinski definition) is 5. The van der Waals surface area contributed by atoms with Gasteiger partial charge in [0.2, 0.25) is 6.30 Å². The molecule has 1 unspecified atom stereocenters. The lowest BCUT2D eigenvalue weighted by atomic mass is 10.1. The molecule has 122 valence electrons. The monoisotopic (exact) mass is 326 g/mol. The molecule has 0 aliphatic rings. The van der Waals surface area contributed by atoms with Gasteiger partial charge in [-0.1, -0.05) is 17.8 Å². The molecule has 0 radical (unpaired) electrons. The highest BCUT2D eigenvalue weighted by molar-refractivity contribution is 6.02. The largest absolute Gasteiger partial charge is 0.435 e. The summed E-state index contributed by atoms with van der Waals surface area (Å²) in [7, 11) is 0. The molecule has 2 aromatic rings. The summed E-state index contributed by atoms with van der Waals surface area (Å²) in [4.78, 5) is 8.59. The lowest BCUT2D eigenvalue weighted by molar-refractivity contribution is -0.0498. The van der Waals surface area contributed by atoms with E-state index >= 15 is 0 Å². The van der Waals surface area contributed by atoms with Crippen molar-refractivity contribution in [1.82, 2.24) is 14.8 Å². The molecule has 0 aliphatic heterocycles. The number of oxime groups is 1. The highest BCUT2D eigenvalue weighted by Gasteiger charge is 2.21. The standard InChI is InChI=1S/C14H13F3N4O2/c1-2-7-22-20-12(13(15)21-9-18-8-19-21)10-3-5-11(6-4-10)23-14(16)17/h2-6,8-9,13-14H,1,7H2. The number of alkyl halides is 3. The van der Waals surface area contributed by atoms with Gasteiger partial charge >= 0.3 is 6.61 Å². The van der Waals surface area contributed by atoms with Gasteiger partial charge in [-0.15, -0.1) is 0 Å². The minimum absolute atomic E-state index is 0.0497. The van der Waals surface area contributed by atoms with Crippen LogP contribution in [0, 0.1) is 0 Å². The fraction of sp³-hybridized carbons (Fsp3) is 0.214. The molecule has 23 heavy (non-hydrogen) atoms. The molecule has 0 N–H and O–H groups in total. The maximum absolute atomic E-state index is 14.5. The third kappa shape index (κ3) is 4.56. The van der Waals surface area contributed by atoms with E-state index < -0.39 is 12.9 Å². The Morgan fingerprint density at radius 3 is 2.61 bits per heavy atom. The fourth-order valence-electron chi connectivity index (χ4n) is 1.66. The quantitative estimate of drug-likeness (QED) is 0.324. The normalized spacial score (nSPS) is 13.0. The molecule has 6 nitrogen and oxygen atoms in total. The van der Waals surface area contributed by atoms with E-state index in [9.17, 15) is 13.2 Å². The Kier molecular flexibility index (Phi) is 5.73. The van der Waals surface area contributed by atoms with Crippen LogP contribution in [0.5, 0.6) is 5.75 Å². The van der Waals surface area contributed by atoms with Crippen LogP contribution in [-0.4, -0.2) is 33.7 Å². The van der Waals surface area contributed by atoms with Crippen molar-refractivity contribution in [2.75, 3.05) is 6.61 Å². The number of aromatic nitrogens is 3. The van der Waals surface area contributed by atoms with Crippen LogP contribution in [0.3, 0.4) is 0 Å². The Balaban J connectivity index is 2.26. The van der Waals surface area contributed by atoms with Crippen LogP contribution in [-0.2, 0) is 4.84 Å². The highest BCUT2D eigenvalue weighted by atomic mass is 19.3. The first-order chi connectivity index (χ1) is 11.1. The van der Waals surface area contributed by atoms with Gasteiger partial charge in [-0.05, 0) is 24.3 Å². The van der Waals surface area contributed by atoms with Gasteiger partial charge in [0.25, 0.3) is 0 Å². The summed E-state index contributed by atoms with van der Waals surface area (Å²) < 4.78 is 44.0. The van der Waals surface area contributed by atoms with Crippen LogP contribution in [0.4, 0.5) is 13.2 Å². The first-order valence-electron chi connectivity index (χ1n) is 6.46. The number of ether oxygens (including phenoxy) is 1. The molecular formula is C14H13F3N4O2. The summed E-state index contributed by atoms with van der Waals surface area (Å²) in [6.07, 6.45) is 2.05. The number of benzene rings is 1. The van der Waals surface area contributed by atoms with Crippen LogP contribution < -0.4 is 4.74 Å². The van der Waals surface area contributed by atoms with E-state index in [2.05, 4.69) is 26.6 Å². The molecule has 1 aromatic heterocycles. The van der Waals surface area contributed by atoms with Crippen molar-refractivity contribution in [3.05, 3.63) is 55.1 Å². The lowest BCUT2D eigenvalue weighted by Crippen LogP contribution is -2.18. The molecule has 0 aliphatic carbocycles. The summed E-state index contributed by atoms with van der Waals surface area (Å²) >= 11 is 0. The Morgan fingerprint density at radius 2 is 2.04 bits per heavy atom. The second-order valence-corrected chi connectivity index (χ2v) is 4.18. The van der Waals surface area contributed by atoms with Gasteiger partial charge < -0.3 is 9.57 Å². The van der Waals surface area contributed by atoms with E-state index in [4.69, 9.17) is 4.84 Å². The van der Waals surface area contributed by atoms with E-state index in [1.165, 1.54) is 43.0 Å². The third-order valence-corrected chi connectivity index (χ3v) is 2.63. The fourth-order valence-corrected chi connectivity index (χ4v) is 1.66. The van der Waals surface area contributed by atoms with Gasteiger partial charge in [0.1, 0.15) is 30.7 Å². The summed E-state index contributed by atoms with van der Waals surface area (Å²) in [5.41, 5.74) is 0.222. The van der Waals surface area contributed by atoms with Crippen LogP contribution in [0.25, 0.3) is 0 Å². The molecule has 0 saturated carbocycles. The van der Waals surface area contributed by atoms with E-state index in [1.54, 1.807) is 0 Å². The molecule has 2 rings (SSSR count). The average Bonchev–Trinajstić information content (AvgIpc) is 3.06. The zero-order valence-corrected chi connectivity index (χ0v) is 11.8. The van der Waals surface area contributed by atoms with E-state index in [0.717, 1.165) is 4.68 Å². The minimum atomic E-state index is -2.94. The zero-order valence-electron chi connectivity index (χ0n) is 11.8. The van der Waals surface area contributed by atoms with Gasteiger partial charge in [-0.3, -0.25) is 0 Å². The smallest absolute Gasteiger partial charge is 0.387 e. The van der Waals surface area contributed by atoms with Crippen molar-refractivity contribution in [2.45, 2.75) is 12.9 Å². The topological polar surface area (TPSA) is 61.5 Å². The van der Waals surface area contributed by atoms with Crippen molar-refractivity contribution < 1.29 is 22.7 Å². The van der Waals surface area contributed by atoms with E-state index in [0.29, 0.717) is 5.56 Å². The molecule has 9 heteroatoms. The van der Waals surface area contributed by atoms with Crippen LogP contribution >= 0.6 is 0 Å². The van der Waals surface area contributed by atoms with Gasteiger partial charge in [0.15, 0.2) is 0 Å². The summed E-state index contributed by atoms with van der Waals surface area (Å²) in [5, 5.41) is 7.42. The van der Waals surface area contributed by atoms with Crippen LogP contribution in [0.1, 0.15) is 11.9 Å². The second-order valence-electron chi connectivity index (χ2n) is 4.18. The number of nitrogens with zero attached hydrogens (tertiary/aromatic N) is 4. The van der Waals surface area contributed by atoms with Crippen molar-refractivity contribution in [2.24, 2.45) is 5.16 Å². The maximum atomic E-state index is 14.5. The molecule has 0 saturated heterocycles. The van der Waals surface area contributed by atoms with E-state index in [-0.39, 0.29) is 18.1 Å². The number of halogens is 3. The van der Waals surface area contributed by atoms with Crippen LogP contribution in [0.15, 0.2) is 54.7 Å². The van der Waals surface area contributed by atoms with Gasteiger partial charge in [0.05, 0.1) is 0 Å². The molecular weight excluding hydrogens is 313 g/mol. The first-order valence-corrected chi connectivity index (χ1v) is 6.46. The minimum Gasteiger partial charge on any atom is -0.435 e.